The molecule has 0 radical (unpaired) electrons. The molecule has 0 aromatic heterocycles. The van der Waals surface area contributed by atoms with Crippen molar-refractivity contribution in [2.75, 3.05) is 5.75 Å². The molecule has 0 aliphatic rings. The summed E-state index contributed by atoms with van der Waals surface area (Å²) in [5.74, 6) is 0.493. The zero-order chi connectivity index (χ0) is 14.1. The third kappa shape index (κ3) is 6.43. The normalized spacial score (nSPS) is 11.1. The second-order valence-electron chi connectivity index (χ2n) is 4.27. The van der Waals surface area contributed by atoms with E-state index in [1.807, 2.05) is 0 Å². The van der Waals surface area contributed by atoms with Crippen molar-refractivity contribution in [1.29, 1.82) is 0 Å². The summed E-state index contributed by atoms with van der Waals surface area (Å²) in [5.41, 5.74) is 1.62. The van der Waals surface area contributed by atoms with Gasteiger partial charge in [0.25, 0.3) is 0 Å². The number of carbonyl (C=O) groups is 1. The van der Waals surface area contributed by atoms with Crippen LogP contribution in [0.1, 0.15) is 37.3 Å². The van der Waals surface area contributed by atoms with E-state index in [4.69, 9.17) is 5.11 Å². The highest BCUT2D eigenvalue weighted by Crippen LogP contribution is 2.20. The van der Waals surface area contributed by atoms with E-state index < -0.39 is 5.97 Å². The van der Waals surface area contributed by atoms with Gasteiger partial charge in [-0.3, -0.25) is 0 Å². The van der Waals surface area contributed by atoms with Crippen molar-refractivity contribution in [3.05, 3.63) is 41.2 Å². The number of rotatable bonds is 8. The van der Waals surface area contributed by atoms with Gasteiger partial charge in [0.1, 0.15) is 5.82 Å². The molecule has 4 heteroatoms. The number of hydrogen-bond donors (Lipinski definition) is 1. The molecule has 0 aliphatic heterocycles. The summed E-state index contributed by atoms with van der Waals surface area (Å²) in [4.78, 5) is 10.5. The van der Waals surface area contributed by atoms with E-state index in [9.17, 15) is 9.18 Å². The Balaban J connectivity index is 2.63. The monoisotopic (exact) mass is 282 g/mol. The summed E-state index contributed by atoms with van der Waals surface area (Å²) in [7, 11) is 0. The van der Waals surface area contributed by atoms with Gasteiger partial charge < -0.3 is 5.11 Å². The number of aliphatic carboxylic acids is 1. The van der Waals surface area contributed by atoms with Gasteiger partial charge in [-0.1, -0.05) is 25.8 Å². The fourth-order valence-electron chi connectivity index (χ4n) is 1.65. The Hall–Kier alpha value is -1.29. The molecule has 1 rings (SSSR count). The third-order valence-corrected chi connectivity index (χ3v) is 3.76. The minimum Gasteiger partial charge on any atom is -0.478 e. The van der Waals surface area contributed by atoms with Gasteiger partial charge >= 0.3 is 5.97 Å². The third-order valence-electron chi connectivity index (χ3n) is 2.66. The average Bonchev–Trinajstić information content (AvgIpc) is 2.38. The molecule has 0 atom stereocenters. The van der Waals surface area contributed by atoms with E-state index in [1.165, 1.54) is 37.5 Å². The summed E-state index contributed by atoms with van der Waals surface area (Å²) in [6.07, 6.45) is 6.10. The molecule has 0 heterocycles. The van der Waals surface area contributed by atoms with Crippen LogP contribution in [0.2, 0.25) is 0 Å². The maximum absolute atomic E-state index is 13.2. The molecule has 0 bridgehead atoms. The quantitative estimate of drug-likeness (QED) is 0.569. The molecule has 0 saturated carbocycles. The van der Waals surface area contributed by atoms with Crippen molar-refractivity contribution < 1.29 is 14.3 Å². The number of carboxylic acids is 1. The highest BCUT2D eigenvalue weighted by Gasteiger charge is 2.03. The molecule has 0 amide bonds. The molecule has 19 heavy (non-hydrogen) atoms. The first-order valence-electron chi connectivity index (χ1n) is 6.40. The number of benzene rings is 1. The van der Waals surface area contributed by atoms with Crippen molar-refractivity contribution in [3.63, 3.8) is 0 Å². The van der Waals surface area contributed by atoms with Gasteiger partial charge in [0.15, 0.2) is 0 Å². The van der Waals surface area contributed by atoms with E-state index in [2.05, 4.69) is 6.92 Å². The summed E-state index contributed by atoms with van der Waals surface area (Å²) in [6, 6.07) is 4.52. The van der Waals surface area contributed by atoms with Crippen molar-refractivity contribution in [2.24, 2.45) is 0 Å². The second-order valence-corrected chi connectivity index (χ2v) is 5.38. The maximum atomic E-state index is 13.2. The first-order chi connectivity index (χ1) is 9.13. The SMILES string of the molecule is CCCCCSCc1ccc(F)cc1/C=C/C(=O)O. The Morgan fingerprint density at radius 1 is 1.42 bits per heavy atom. The van der Waals surface area contributed by atoms with Crippen LogP contribution >= 0.6 is 11.8 Å². The molecule has 104 valence electrons. The first kappa shape index (κ1) is 15.8. The van der Waals surface area contributed by atoms with Crippen molar-refractivity contribution in [2.45, 2.75) is 31.9 Å². The molecule has 0 aliphatic carbocycles. The summed E-state index contributed by atoms with van der Waals surface area (Å²) < 4.78 is 13.2. The lowest BCUT2D eigenvalue weighted by Gasteiger charge is -2.06. The summed E-state index contributed by atoms with van der Waals surface area (Å²) in [6.45, 7) is 2.17. The van der Waals surface area contributed by atoms with Crippen molar-refractivity contribution in [1.82, 2.24) is 0 Å². The fraction of sp³-hybridized carbons (Fsp3) is 0.400. The van der Waals surface area contributed by atoms with Crippen LogP contribution in [0.4, 0.5) is 4.39 Å². The van der Waals surface area contributed by atoms with E-state index >= 15 is 0 Å². The van der Waals surface area contributed by atoms with Gasteiger partial charge in [-0.05, 0) is 41.5 Å². The van der Waals surface area contributed by atoms with Crippen LogP contribution in [0.25, 0.3) is 6.08 Å². The Morgan fingerprint density at radius 3 is 2.89 bits per heavy atom. The largest absolute Gasteiger partial charge is 0.478 e. The van der Waals surface area contributed by atoms with Crippen LogP contribution in [0.3, 0.4) is 0 Å². The van der Waals surface area contributed by atoms with Crippen LogP contribution in [-0.2, 0) is 10.5 Å². The molecule has 0 unspecified atom stereocenters. The second kappa shape index (κ2) is 8.75. The van der Waals surface area contributed by atoms with Gasteiger partial charge in [0, 0.05) is 11.8 Å². The van der Waals surface area contributed by atoms with Crippen LogP contribution in [-0.4, -0.2) is 16.8 Å². The van der Waals surface area contributed by atoms with Crippen molar-refractivity contribution in [3.8, 4) is 0 Å². The Labute approximate surface area is 117 Å². The standard InChI is InChI=1S/C15H19FO2S/c1-2-3-4-9-19-11-13-5-7-14(16)10-12(13)6-8-15(17)18/h5-8,10H,2-4,9,11H2,1H3,(H,17,18)/b8-6+. The minimum atomic E-state index is -1.02. The maximum Gasteiger partial charge on any atom is 0.328 e. The van der Waals surface area contributed by atoms with E-state index in [1.54, 1.807) is 17.8 Å². The topological polar surface area (TPSA) is 37.3 Å². The highest BCUT2D eigenvalue weighted by atomic mass is 32.2. The van der Waals surface area contributed by atoms with Crippen LogP contribution in [0.15, 0.2) is 24.3 Å². The predicted molar refractivity (Wildman–Crippen MR) is 78.8 cm³/mol. The minimum absolute atomic E-state index is 0.343. The summed E-state index contributed by atoms with van der Waals surface area (Å²) >= 11 is 1.80. The molecule has 2 nitrogen and oxygen atoms in total. The summed E-state index contributed by atoms with van der Waals surface area (Å²) in [5, 5.41) is 8.62. The first-order valence-corrected chi connectivity index (χ1v) is 7.56. The fourth-order valence-corrected chi connectivity index (χ4v) is 2.69. The van der Waals surface area contributed by atoms with Crippen LogP contribution in [0, 0.1) is 5.82 Å². The molecule has 0 spiro atoms. The molecular weight excluding hydrogens is 263 g/mol. The average molecular weight is 282 g/mol. The van der Waals surface area contributed by atoms with Crippen molar-refractivity contribution >= 4 is 23.8 Å². The molecule has 0 fully saturated rings. The zero-order valence-electron chi connectivity index (χ0n) is 11.1. The Kier molecular flexibility index (Phi) is 7.26. The van der Waals surface area contributed by atoms with Gasteiger partial charge in [-0.15, -0.1) is 0 Å². The van der Waals surface area contributed by atoms with Crippen LogP contribution in [0.5, 0.6) is 0 Å². The molecule has 1 N–H and O–H groups in total. The number of thioether (sulfide) groups is 1. The van der Waals surface area contributed by atoms with Gasteiger partial charge in [0.05, 0.1) is 0 Å². The van der Waals surface area contributed by atoms with E-state index in [0.29, 0.717) is 5.56 Å². The van der Waals surface area contributed by atoms with Gasteiger partial charge in [0.2, 0.25) is 0 Å². The smallest absolute Gasteiger partial charge is 0.328 e. The highest BCUT2D eigenvalue weighted by molar-refractivity contribution is 7.98. The number of unbranched alkanes of at least 4 members (excludes halogenated alkanes) is 2. The van der Waals surface area contributed by atoms with E-state index in [0.717, 1.165) is 23.1 Å². The van der Waals surface area contributed by atoms with Gasteiger partial charge in [-0.25, -0.2) is 9.18 Å². The Morgan fingerprint density at radius 2 is 2.21 bits per heavy atom. The lowest BCUT2D eigenvalue weighted by molar-refractivity contribution is -0.131. The molecule has 1 aromatic rings. The predicted octanol–water partition coefficient (Wildman–Crippen LogP) is 4.35. The number of halogens is 1. The molecule has 1 aromatic carbocycles. The van der Waals surface area contributed by atoms with Crippen LogP contribution < -0.4 is 0 Å². The molecular formula is C15H19FO2S. The van der Waals surface area contributed by atoms with E-state index in [-0.39, 0.29) is 5.82 Å². The molecule has 0 saturated heterocycles. The zero-order valence-corrected chi connectivity index (χ0v) is 11.9. The lowest BCUT2D eigenvalue weighted by Crippen LogP contribution is -1.92. The van der Waals surface area contributed by atoms with Gasteiger partial charge in [-0.2, -0.15) is 11.8 Å². The Bertz CT molecular complexity index is 444. The number of carboxylic acid groups (broad SMARTS) is 1. The lowest BCUT2D eigenvalue weighted by atomic mass is 10.1. The number of hydrogen-bond acceptors (Lipinski definition) is 2.